The number of aliphatic hydroxyl groups excluding tert-OH is 2. The summed E-state index contributed by atoms with van der Waals surface area (Å²) in [6.45, 7) is 5.10. The zero-order chi connectivity index (χ0) is 25.3. The summed E-state index contributed by atoms with van der Waals surface area (Å²) in [6, 6.07) is 3.10. The van der Waals surface area contributed by atoms with E-state index in [1.54, 1.807) is 26.8 Å². The van der Waals surface area contributed by atoms with Crippen LogP contribution in [-0.4, -0.2) is 63.1 Å². The Labute approximate surface area is 197 Å². The molecule has 0 fully saturated rings. The van der Waals surface area contributed by atoms with E-state index in [0.717, 1.165) is 5.69 Å². The molecule has 34 heavy (non-hydrogen) atoms. The normalized spacial score (nSPS) is 26.6. The fourth-order valence-corrected chi connectivity index (χ4v) is 5.41. The third-order valence-electron chi connectivity index (χ3n) is 6.87. The smallest absolute Gasteiger partial charge is 0.258 e. The fourth-order valence-electron chi connectivity index (χ4n) is 5.41. The zero-order valence-corrected chi connectivity index (χ0v) is 19.9. The number of aliphatic hydroxyl groups is 3. The van der Waals surface area contributed by atoms with E-state index in [0.29, 0.717) is 12.0 Å². The maximum absolute atomic E-state index is 13.5. The Morgan fingerprint density at radius 3 is 2.35 bits per heavy atom. The van der Waals surface area contributed by atoms with Crippen molar-refractivity contribution in [3.63, 3.8) is 0 Å². The van der Waals surface area contributed by atoms with Crippen LogP contribution < -0.4 is 10.2 Å². The monoisotopic (exact) mass is 470 g/mol. The molecule has 3 aliphatic rings. The van der Waals surface area contributed by atoms with Crippen LogP contribution in [0.25, 0.3) is 0 Å². The van der Waals surface area contributed by atoms with E-state index in [-0.39, 0.29) is 29.7 Å². The van der Waals surface area contributed by atoms with Crippen molar-refractivity contribution in [2.45, 2.75) is 51.2 Å². The van der Waals surface area contributed by atoms with Crippen LogP contribution in [0.1, 0.15) is 49.5 Å². The lowest BCUT2D eigenvalue weighted by Gasteiger charge is -2.46. The Hall–Kier alpha value is -3.33. The molecule has 0 radical (unpaired) electrons. The molecule has 4 rings (SSSR count). The van der Waals surface area contributed by atoms with Crippen LogP contribution in [0.4, 0.5) is 5.69 Å². The first-order valence-corrected chi connectivity index (χ1v) is 11.2. The maximum atomic E-state index is 13.5. The van der Waals surface area contributed by atoms with E-state index < -0.39 is 57.5 Å². The largest absolute Gasteiger partial charge is 0.511 e. The van der Waals surface area contributed by atoms with Gasteiger partial charge in [0.15, 0.2) is 11.4 Å². The van der Waals surface area contributed by atoms with Crippen molar-refractivity contribution in [3.05, 3.63) is 45.9 Å². The predicted molar refractivity (Wildman–Crippen MR) is 124 cm³/mol. The Morgan fingerprint density at radius 2 is 1.76 bits per heavy atom. The minimum absolute atomic E-state index is 0.0263. The molecule has 1 aromatic carbocycles. The first-order chi connectivity index (χ1) is 15.7. The van der Waals surface area contributed by atoms with E-state index in [2.05, 4.69) is 5.32 Å². The molecule has 9 nitrogen and oxygen atoms in total. The number of aromatic hydroxyl groups is 1. The van der Waals surface area contributed by atoms with Crippen molar-refractivity contribution in [1.82, 2.24) is 5.32 Å². The fraction of sp³-hybridized carbons (Fsp3) is 0.480. The third kappa shape index (κ3) is 3.37. The number of ketones is 2. The van der Waals surface area contributed by atoms with Gasteiger partial charge in [-0.2, -0.15) is 0 Å². The minimum Gasteiger partial charge on any atom is -0.511 e. The number of benzene rings is 1. The molecular formula is C25H30N2O7. The second kappa shape index (κ2) is 7.59. The lowest BCUT2D eigenvalue weighted by Crippen LogP contribution is -2.58. The van der Waals surface area contributed by atoms with Crippen LogP contribution in [0.5, 0.6) is 5.75 Å². The lowest BCUT2D eigenvalue weighted by molar-refractivity contribution is -0.144. The Bertz CT molecular complexity index is 1190. The van der Waals surface area contributed by atoms with Crippen LogP contribution in [0.15, 0.2) is 34.8 Å². The van der Waals surface area contributed by atoms with Gasteiger partial charge in [0.25, 0.3) is 5.91 Å². The summed E-state index contributed by atoms with van der Waals surface area (Å²) in [5, 5.41) is 46.3. The van der Waals surface area contributed by atoms with Crippen molar-refractivity contribution in [2.24, 2.45) is 11.8 Å². The first kappa shape index (κ1) is 23.8. The van der Waals surface area contributed by atoms with Crippen LogP contribution >= 0.6 is 0 Å². The molecule has 0 heterocycles. The number of phenols is 1. The number of nitrogens with one attached hydrogen (secondary N) is 1. The van der Waals surface area contributed by atoms with Gasteiger partial charge in [-0.15, -0.1) is 0 Å². The molecule has 5 N–H and O–H groups in total. The highest BCUT2D eigenvalue weighted by Gasteiger charge is 2.60. The van der Waals surface area contributed by atoms with Gasteiger partial charge >= 0.3 is 0 Å². The Kier molecular flexibility index (Phi) is 5.32. The highest BCUT2D eigenvalue weighted by Crippen LogP contribution is 2.52. The van der Waals surface area contributed by atoms with Gasteiger partial charge in [0, 0.05) is 43.2 Å². The summed E-state index contributed by atoms with van der Waals surface area (Å²) < 4.78 is 0. The van der Waals surface area contributed by atoms with Crippen molar-refractivity contribution in [3.8, 4) is 5.75 Å². The highest BCUT2D eigenvalue weighted by atomic mass is 16.3. The number of carbonyl (C=O) groups excluding carboxylic acids is 3. The topological polar surface area (TPSA) is 147 Å². The van der Waals surface area contributed by atoms with Gasteiger partial charge in [-0.25, -0.2) is 0 Å². The summed E-state index contributed by atoms with van der Waals surface area (Å²) in [4.78, 5) is 41.4. The number of nitrogens with zero attached hydrogens (tertiary/aromatic N) is 1. The Morgan fingerprint density at radius 1 is 1.12 bits per heavy atom. The lowest BCUT2D eigenvalue weighted by atomic mass is 9.60. The number of amides is 1. The molecule has 3 aliphatic carbocycles. The van der Waals surface area contributed by atoms with Crippen molar-refractivity contribution in [2.75, 3.05) is 19.0 Å². The summed E-state index contributed by atoms with van der Waals surface area (Å²) in [6.07, 6.45) is 0.225. The maximum Gasteiger partial charge on any atom is 0.258 e. The molecule has 0 bridgehead atoms. The number of allylic oxidation sites excluding steroid dienone is 2. The van der Waals surface area contributed by atoms with Gasteiger partial charge in [-0.3, -0.25) is 14.4 Å². The van der Waals surface area contributed by atoms with Crippen LogP contribution in [0, 0.1) is 11.8 Å². The minimum atomic E-state index is -2.52. The second-order valence-corrected chi connectivity index (χ2v) is 10.6. The highest BCUT2D eigenvalue weighted by molar-refractivity contribution is 6.25. The average molecular weight is 471 g/mol. The molecule has 9 heteroatoms. The summed E-state index contributed by atoms with van der Waals surface area (Å²) in [7, 11) is 3.62. The summed E-state index contributed by atoms with van der Waals surface area (Å²) >= 11 is 0. The molecule has 0 unspecified atom stereocenters. The molecule has 0 spiro atoms. The van der Waals surface area contributed by atoms with Crippen molar-refractivity contribution >= 4 is 23.2 Å². The predicted octanol–water partition coefficient (Wildman–Crippen LogP) is 2.08. The van der Waals surface area contributed by atoms with Gasteiger partial charge in [0.1, 0.15) is 22.8 Å². The molecule has 0 aromatic heterocycles. The third-order valence-corrected chi connectivity index (χ3v) is 6.87. The number of hydrogen-bond acceptors (Lipinski definition) is 8. The van der Waals surface area contributed by atoms with Crippen LogP contribution in [0.2, 0.25) is 0 Å². The van der Waals surface area contributed by atoms with E-state index in [1.807, 2.05) is 19.0 Å². The number of anilines is 1. The van der Waals surface area contributed by atoms with Crippen LogP contribution in [-0.2, 0) is 16.0 Å². The van der Waals surface area contributed by atoms with Gasteiger partial charge in [-0.1, -0.05) is 0 Å². The van der Waals surface area contributed by atoms with E-state index >= 15 is 0 Å². The van der Waals surface area contributed by atoms with E-state index in [4.69, 9.17) is 0 Å². The number of fused-ring (bicyclic) bond motifs is 3. The van der Waals surface area contributed by atoms with Gasteiger partial charge < -0.3 is 30.6 Å². The number of carbonyl (C=O) groups is 3. The molecule has 1 aromatic rings. The van der Waals surface area contributed by atoms with Gasteiger partial charge in [-0.05, 0) is 57.2 Å². The quantitative estimate of drug-likeness (QED) is 0.413. The number of rotatable bonds is 2. The average Bonchev–Trinajstić information content (AvgIpc) is 2.69. The van der Waals surface area contributed by atoms with Gasteiger partial charge in [0.2, 0.25) is 5.78 Å². The summed E-state index contributed by atoms with van der Waals surface area (Å²) in [5.41, 5.74) is -2.61. The van der Waals surface area contributed by atoms with E-state index in [1.165, 1.54) is 6.07 Å². The number of Topliss-reactive ketones (excluding diaryl/α,β-unsaturated/α-hetero) is 2. The van der Waals surface area contributed by atoms with E-state index in [9.17, 15) is 34.8 Å². The molecule has 1 amide bonds. The van der Waals surface area contributed by atoms with Crippen LogP contribution in [0.3, 0.4) is 0 Å². The molecule has 3 atom stereocenters. The van der Waals surface area contributed by atoms with Crippen molar-refractivity contribution in [1.29, 1.82) is 0 Å². The SMILES string of the molecule is CN(C)c1ccc(O)c2c1C[C@H]1C[C@H]3CC(O)=C(C(=O)NC(C)(C)C)C(=O)[C@@]3(O)C(O)=C1C2=O. The second-order valence-electron chi connectivity index (χ2n) is 10.6. The summed E-state index contributed by atoms with van der Waals surface area (Å²) in [5.74, 6) is -5.64. The standard InChI is InChI=1S/C25H30N2O7/c1-24(2,3)26-23(33)19-16(29)10-12-8-11-9-13-14(27(4)5)6-7-15(28)18(13)20(30)17(11)21(31)25(12,34)22(19)32/h6-7,11-12,28-29,31,34H,8-10H2,1-5H3,(H,26,33)/t11-,12+,25+/m1/s1. The molecule has 0 saturated carbocycles. The van der Waals surface area contributed by atoms with Crippen molar-refractivity contribution < 1.29 is 34.8 Å². The number of phenolic OH excluding ortho intramolecular Hbond substituents is 1. The molecule has 0 aliphatic heterocycles. The Balaban J connectivity index is 1.84. The zero-order valence-electron chi connectivity index (χ0n) is 19.9. The molecular weight excluding hydrogens is 440 g/mol. The molecule has 0 saturated heterocycles. The number of hydrogen-bond donors (Lipinski definition) is 5. The first-order valence-electron chi connectivity index (χ1n) is 11.2. The molecule has 182 valence electrons. The van der Waals surface area contributed by atoms with Gasteiger partial charge in [0.05, 0.1) is 5.56 Å².